The van der Waals surface area contributed by atoms with Gasteiger partial charge in [0.15, 0.2) is 5.75 Å². The molecule has 1 N–H and O–H groups in total. The fraction of sp³-hybridized carbons (Fsp3) is 0.0909. The zero-order valence-corrected chi connectivity index (χ0v) is 10.5. The predicted molar refractivity (Wildman–Crippen MR) is 64.9 cm³/mol. The normalized spacial score (nSPS) is 10.0. The van der Waals surface area contributed by atoms with Crippen LogP contribution in [-0.2, 0) is 0 Å². The van der Waals surface area contributed by atoms with Gasteiger partial charge in [0.1, 0.15) is 10.6 Å². The Morgan fingerprint density at radius 2 is 2.21 bits per heavy atom. The highest BCUT2D eigenvalue weighted by molar-refractivity contribution is 6.31. The van der Waals surface area contributed by atoms with Crippen LogP contribution in [0.25, 0.3) is 0 Å². The van der Waals surface area contributed by atoms with Gasteiger partial charge in [0.25, 0.3) is 0 Å². The first kappa shape index (κ1) is 13.0. The summed E-state index contributed by atoms with van der Waals surface area (Å²) in [5, 5.41) is 9.14. The van der Waals surface area contributed by atoms with Crippen LogP contribution in [0.4, 0.5) is 0 Å². The highest BCUT2D eigenvalue weighted by atomic mass is 35.5. The number of carboxylic acids is 1. The molecular formula is C11H8ClN3O4. The lowest BCUT2D eigenvalue weighted by Gasteiger charge is -2.08. The summed E-state index contributed by atoms with van der Waals surface area (Å²) in [6.45, 7) is 0. The molecule has 0 saturated carbocycles. The number of carboxylic acid groups (broad SMARTS) is 1. The molecule has 2 aromatic heterocycles. The Kier molecular flexibility index (Phi) is 3.76. The van der Waals surface area contributed by atoms with E-state index in [4.69, 9.17) is 26.2 Å². The van der Waals surface area contributed by atoms with Gasteiger partial charge in [-0.15, -0.1) is 0 Å². The highest BCUT2D eigenvalue weighted by Gasteiger charge is 2.15. The number of nitrogens with zero attached hydrogens (tertiary/aromatic N) is 3. The van der Waals surface area contributed by atoms with Crippen LogP contribution in [0.5, 0.6) is 17.6 Å². The van der Waals surface area contributed by atoms with E-state index in [-0.39, 0.29) is 28.2 Å². The smallest absolute Gasteiger partial charge is 0.339 e. The number of rotatable bonds is 4. The highest BCUT2D eigenvalue weighted by Crippen LogP contribution is 2.29. The molecule has 0 saturated heterocycles. The maximum atomic E-state index is 11.0. The second-order valence-corrected chi connectivity index (χ2v) is 3.70. The Morgan fingerprint density at radius 1 is 1.42 bits per heavy atom. The monoisotopic (exact) mass is 281 g/mol. The first-order valence-corrected chi connectivity index (χ1v) is 5.41. The van der Waals surface area contributed by atoms with E-state index in [0.29, 0.717) is 0 Å². The Morgan fingerprint density at radius 3 is 2.89 bits per heavy atom. The second kappa shape index (κ2) is 5.49. The van der Waals surface area contributed by atoms with Gasteiger partial charge in [-0.2, -0.15) is 4.98 Å². The first-order chi connectivity index (χ1) is 9.11. The molecule has 98 valence electrons. The molecule has 0 amide bonds. The number of pyridine rings is 1. The maximum absolute atomic E-state index is 11.0. The van der Waals surface area contributed by atoms with Crippen molar-refractivity contribution in [2.75, 3.05) is 7.11 Å². The minimum absolute atomic E-state index is 0.0102. The molecule has 0 aliphatic heterocycles. The van der Waals surface area contributed by atoms with Crippen molar-refractivity contribution in [2.24, 2.45) is 0 Å². The predicted octanol–water partition coefficient (Wildman–Crippen LogP) is 2.02. The van der Waals surface area contributed by atoms with Gasteiger partial charge in [-0.3, -0.25) is 4.98 Å². The Labute approximate surface area is 112 Å². The lowest BCUT2D eigenvalue weighted by atomic mass is 10.2. The summed E-state index contributed by atoms with van der Waals surface area (Å²) in [6, 6.07) is 1.37. The number of methoxy groups -OCH3 is 1. The summed E-state index contributed by atoms with van der Waals surface area (Å²) >= 11 is 5.86. The molecule has 8 heteroatoms. The Balaban J connectivity index is 2.38. The van der Waals surface area contributed by atoms with Crippen molar-refractivity contribution in [3.63, 3.8) is 0 Å². The molecule has 0 unspecified atom stereocenters. The van der Waals surface area contributed by atoms with E-state index in [0.717, 1.165) is 0 Å². The van der Waals surface area contributed by atoms with Crippen LogP contribution >= 0.6 is 11.6 Å². The summed E-state index contributed by atoms with van der Waals surface area (Å²) in [5.41, 5.74) is -0.0522. The largest absolute Gasteiger partial charge is 0.478 e. The number of ether oxygens (including phenoxy) is 2. The molecule has 0 aliphatic carbocycles. The number of halogens is 1. The summed E-state index contributed by atoms with van der Waals surface area (Å²) in [5.74, 6) is -1.13. The maximum Gasteiger partial charge on any atom is 0.339 e. The molecule has 7 nitrogen and oxygen atoms in total. The lowest BCUT2D eigenvalue weighted by Crippen LogP contribution is -2.02. The molecule has 19 heavy (non-hydrogen) atoms. The van der Waals surface area contributed by atoms with E-state index in [1.807, 2.05) is 0 Å². The molecule has 2 rings (SSSR count). The fourth-order valence-electron chi connectivity index (χ4n) is 1.25. The van der Waals surface area contributed by atoms with Crippen molar-refractivity contribution in [2.45, 2.75) is 0 Å². The van der Waals surface area contributed by atoms with Crippen LogP contribution in [0.3, 0.4) is 0 Å². The summed E-state index contributed by atoms with van der Waals surface area (Å²) in [7, 11) is 1.39. The van der Waals surface area contributed by atoms with E-state index in [1.165, 1.54) is 31.8 Å². The molecule has 0 aromatic carbocycles. The van der Waals surface area contributed by atoms with Crippen molar-refractivity contribution in [3.05, 3.63) is 35.2 Å². The van der Waals surface area contributed by atoms with Gasteiger partial charge >= 0.3 is 12.0 Å². The van der Waals surface area contributed by atoms with E-state index in [2.05, 4.69) is 15.0 Å². The van der Waals surface area contributed by atoms with E-state index in [1.54, 1.807) is 0 Å². The van der Waals surface area contributed by atoms with Crippen LogP contribution in [0, 0.1) is 0 Å². The Bertz CT molecular complexity index is 621. The van der Waals surface area contributed by atoms with Crippen molar-refractivity contribution in [1.29, 1.82) is 0 Å². The molecule has 0 radical (unpaired) electrons. The van der Waals surface area contributed by atoms with Crippen LogP contribution in [0.1, 0.15) is 10.4 Å². The van der Waals surface area contributed by atoms with Crippen molar-refractivity contribution in [1.82, 2.24) is 15.0 Å². The first-order valence-electron chi connectivity index (χ1n) is 5.03. The molecule has 2 heterocycles. The molecule has 0 spiro atoms. The van der Waals surface area contributed by atoms with Gasteiger partial charge in [-0.05, 0) is 6.07 Å². The number of carbonyl (C=O) groups is 1. The fourth-order valence-corrected chi connectivity index (χ4v) is 1.38. The number of aromatic carboxylic acids is 1. The Hall–Kier alpha value is -2.41. The zero-order valence-electron chi connectivity index (χ0n) is 9.70. The van der Waals surface area contributed by atoms with Gasteiger partial charge < -0.3 is 14.6 Å². The lowest BCUT2D eigenvalue weighted by molar-refractivity contribution is 0.0694. The van der Waals surface area contributed by atoms with Gasteiger partial charge in [0.05, 0.1) is 19.5 Å². The minimum atomic E-state index is -1.14. The zero-order chi connectivity index (χ0) is 13.8. The average Bonchev–Trinajstić information content (AvgIpc) is 2.41. The third kappa shape index (κ3) is 2.89. The second-order valence-electron chi connectivity index (χ2n) is 3.29. The van der Waals surface area contributed by atoms with Crippen molar-refractivity contribution in [3.8, 4) is 17.6 Å². The van der Waals surface area contributed by atoms with Crippen LogP contribution in [0.15, 0.2) is 24.7 Å². The van der Waals surface area contributed by atoms with Crippen LogP contribution in [0.2, 0.25) is 5.02 Å². The van der Waals surface area contributed by atoms with E-state index >= 15 is 0 Å². The summed E-state index contributed by atoms with van der Waals surface area (Å²) in [6.07, 6.45) is 3.90. The summed E-state index contributed by atoms with van der Waals surface area (Å²) in [4.78, 5) is 22.5. The van der Waals surface area contributed by atoms with Crippen LogP contribution < -0.4 is 9.47 Å². The SMILES string of the molecule is COc1ncc(Cl)c(Oc2cnccc2C(=O)O)n1. The number of hydrogen-bond donors (Lipinski definition) is 1. The van der Waals surface area contributed by atoms with Gasteiger partial charge in [-0.1, -0.05) is 11.6 Å². The van der Waals surface area contributed by atoms with E-state index in [9.17, 15) is 4.79 Å². The third-order valence-electron chi connectivity index (χ3n) is 2.09. The molecule has 0 aliphatic rings. The van der Waals surface area contributed by atoms with Crippen molar-refractivity contribution < 1.29 is 19.4 Å². The van der Waals surface area contributed by atoms with Gasteiger partial charge in [-0.25, -0.2) is 9.78 Å². The molecule has 0 atom stereocenters. The topological polar surface area (TPSA) is 94.4 Å². The molecule has 0 fully saturated rings. The standard InChI is InChI=1S/C11H8ClN3O4/c1-18-11-14-4-7(12)9(15-11)19-8-5-13-3-2-6(8)10(16)17/h2-5H,1H3,(H,16,17). The summed E-state index contributed by atoms with van der Waals surface area (Å²) < 4.78 is 10.2. The minimum Gasteiger partial charge on any atom is -0.478 e. The van der Waals surface area contributed by atoms with Gasteiger partial charge in [0.2, 0.25) is 5.88 Å². The molecule has 2 aromatic rings. The molecular weight excluding hydrogens is 274 g/mol. The number of hydrogen-bond acceptors (Lipinski definition) is 6. The average molecular weight is 282 g/mol. The molecule has 0 bridgehead atoms. The number of aromatic nitrogens is 3. The van der Waals surface area contributed by atoms with Crippen molar-refractivity contribution >= 4 is 17.6 Å². The van der Waals surface area contributed by atoms with Gasteiger partial charge in [0, 0.05) is 6.20 Å². The van der Waals surface area contributed by atoms with Crippen LogP contribution in [-0.4, -0.2) is 33.1 Å². The third-order valence-corrected chi connectivity index (χ3v) is 2.35. The van der Waals surface area contributed by atoms with E-state index < -0.39 is 5.97 Å². The quantitative estimate of drug-likeness (QED) is 0.916.